The van der Waals surface area contributed by atoms with Crippen molar-refractivity contribution in [3.05, 3.63) is 35.9 Å². The number of hydrogen-bond acceptors (Lipinski definition) is 3. The number of benzene rings is 1. The Bertz CT molecular complexity index is 542. The van der Waals surface area contributed by atoms with Gasteiger partial charge in [0.2, 0.25) is 0 Å². The lowest BCUT2D eigenvalue weighted by molar-refractivity contribution is -0.0173. The summed E-state index contributed by atoms with van der Waals surface area (Å²) in [4.78, 5) is 2.31. The Hall–Kier alpha value is -1.05. The van der Waals surface area contributed by atoms with E-state index in [1.807, 2.05) is 30.3 Å². The fourth-order valence-electron chi connectivity index (χ4n) is 3.74. The number of hydrogen-bond donors (Lipinski definition) is 1. The Morgan fingerprint density at radius 1 is 1.08 bits per heavy atom. The molecule has 1 saturated heterocycles. The minimum Gasteiger partial charge on any atom is -0.384 e. The van der Waals surface area contributed by atoms with Crippen LogP contribution >= 0.6 is 12.4 Å². The molecule has 1 saturated carbocycles. The molecule has 1 N–H and O–H groups in total. The highest BCUT2D eigenvalue weighted by Gasteiger charge is 2.39. The van der Waals surface area contributed by atoms with Crippen LogP contribution in [-0.2, 0) is 10.3 Å². The zero-order valence-electron chi connectivity index (χ0n) is 14.2. The third-order valence-corrected chi connectivity index (χ3v) is 5.19. The first-order valence-electron chi connectivity index (χ1n) is 8.83. The van der Waals surface area contributed by atoms with Crippen LogP contribution in [0.2, 0.25) is 0 Å². The average molecular weight is 350 g/mol. The summed E-state index contributed by atoms with van der Waals surface area (Å²) in [5, 5.41) is 11.4. The zero-order chi connectivity index (χ0) is 16.0. The van der Waals surface area contributed by atoms with Gasteiger partial charge in [0.25, 0.3) is 0 Å². The lowest BCUT2D eigenvalue weighted by Crippen LogP contribution is -2.36. The second-order valence-electron chi connectivity index (χ2n) is 6.69. The van der Waals surface area contributed by atoms with Crippen molar-refractivity contribution < 1.29 is 9.84 Å². The molecule has 1 heterocycles. The Kier molecular flexibility index (Phi) is 7.58. The standard InChI is InChI=1S/C20H27NO2.ClH/c22-20(19-10-4-5-11-19,18-8-2-1-3-9-18)12-6-7-13-21-14-16-23-17-15-21;/h1-3,8-9,19,22H,4-5,10-17H2;1H. The Morgan fingerprint density at radius 3 is 2.42 bits per heavy atom. The molecular formula is C20H28ClNO2. The third kappa shape index (κ3) is 4.74. The van der Waals surface area contributed by atoms with E-state index in [4.69, 9.17) is 4.74 Å². The molecule has 24 heavy (non-hydrogen) atoms. The van der Waals surface area contributed by atoms with Crippen molar-refractivity contribution >= 4 is 12.4 Å². The number of nitrogens with zero attached hydrogens (tertiary/aromatic N) is 1. The maximum Gasteiger partial charge on any atom is 0.103 e. The van der Waals surface area contributed by atoms with Gasteiger partial charge in [0, 0.05) is 19.5 Å². The van der Waals surface area contributed by atoms with E-state index in [2.05, 4.69) is 16.7 Å². The highest BCUT2D eigenvalue weighted by Crippen LogP contribution is 2.42. The topological polar surface area (TPSA) is 32.7 Å². The van der Waals surface area contributed by atoms with Gasteiger partial charge in [-0.25, -0.2) is 0 Å². The van der Waals surface area contributed by atoms with Gasteiger partial charge in [-0.3, -0.25) is 4.90 Å². The molecule has 1 atom stereocenters. The summed E-state index contributed by atoms with van der Waals surface area (Å²) in [6, 6.07) is 10.1. The van der Waals surface area contributed by atoms with Crippen molar-refractivity contribution in [2.75, 3.05) is 32.8 Å². The van der Waals surface area contributed by atoms with Gasteiger partial charge in [-0.1, -0.05) is 55.0 Å². The largest absolute Gasteiger partial charge is 0.384 e. The monoisotopic (exact) mass is 349 g/mol. The number of morpholine rings is 1. The number of halogens is 1. The van der Waals surface area contributed by atoms with E-state index in [9.17, 15) is 5.11 Å². The van der Waals surface area contributed by atoms with Gasteiger partial charge in [0.1, 0.15) is 5.60 Å². The smallest absolute Gasteiger partial charge is 0.103 e. The van der Waals surface area contributed by atoms with Crippen molar-refractivity contribution in [3.63, 3.8) is 0 Å². The van der Waals surface area contributed by atoms with Crippen LogP contribution in [-0.4, -0.2) is 42.9 Å². The summed E-state index contributed by atoms with van der Waals surface area (Å²) >= 11 is 0. The molecule has 1 aromatic rings. The first-order chi connectivity index (χ1) is 11.3. The van der Waals surface area contributed by atoms with Crippen molar-refractivity contribution in [2.45, 2.75) is 37.7 Å². The predicted octanol–water partition coefficient (Wildman–Crippen LogP) is 3.21. The summed E-state index contributed by atoms with van der Waals surface area (Å²) in [6.07, 6.45) is 5.20. The van der Waals surface area contributed by atoms with Gasteiger partial charge in [-0.2, -0.15) is 0 Å². The van der Waals surface area contributed by atoms with Gasteiger partial charge in [-0.15, -0.1) is 12.4 Å². The molecule has 0 amide bonds. The summed E-state index contributed by atoms with van der Waals surface area (Å²) in [6.45, 7) is 4.30. The molecule has 3 rings (SSSR count). The summed E-state index contributed by atoms with van der Waals surface area (Å²) < 4.78 is 5.36. The lowest BCUT2D eigenvalue weighted by Gasteiger charge is -2.33. The van der Waals surface area contributed by atoms with Crippen molar-refractivity contribution in [1.29, 1.82) is 0 Å². The third-order valence-electron chi connectivity index (χ3n) is 5.19. The van der Waals surface area contributed by atoms with Crippen LogP contribution in [0.3, 0.4) is 0 Å². The summed E-state index contributed by atoms with van der Waals surface area (Å²) in [7, 11) is 0. The fourth-order valence-corrected chi connectivity index (χ4v) is 3.74. The van der Waals surface area contributed by atoms with E-state index in [1.54, 1.807) is 0 Å². The van der Waals surface area contributed by atoms with Gasteiger partial charge in [0.05, 0.1) is 19.8 Å². The van der Waals surface area contributed by atoms with E-state index in [0.29, 0.717) is 12.3 Å². The minimum atomic E-state index is -0.796. The summed E-state index contributed by atoms with van der Waals surface area (Å²) in [5.41, 5.74) is 0.225. The molecule has 1 aliphatic heterocycles. The Balaban J connectivity index is 0.00000208. The molecule has 2 aliphatic rings. The van der Waals surface area contributed by atoms with E-state index < -0.39 is 5.60 Å². The molecule has 0 aromatic heterocycles. The highest BCUT2D eigenvalue weighted by molar-refractivity contribution is 5.85. The zero-order valence-corrected chi connectivity index (χ0v) is 15.1. The van der Waals surface area contributed by atoms with E-state index in [-0.39, 0.29) is 12.4 Å². The van der Waals surface area contributed by atoms with Crippen molar-refractivity contribution in [1.82, 2.24) is 4.90 Å². The molecule has 0 radical (unpaired) electrons. The van der Waals surface area contributed by atoms with Gasteiger partial charge in [0.15, 0.2) is 0 Å². The highest BCUT2D eigenvalue weighted by atomic mass is 35.5. The second-order valence-corrected chi connectivity index (χ2v) is 6.69. The Labute approximate surface area is 151 Å². The lowest BCUT2D eigenvalue weighted by atomic mass is 9.78. The summed E-state index contributed by atoms with van der Waals surface area (Å²) in [5.74, 6) is 6.87. The molecule has 1 unspecified atom stereocenters. The van der Waals surface area contributed by atoms with Crippen LogP contribution in [0.15, 0.2) is 30.3 Å². The first kappa shape index (κ1) is 19.3. The molecule has 1 aromatic carbocycles. The van der Waals surface area contributed by atoms with E-state index in [1.165, 1.54) is 12.8 Å². The predicted molar refractivity (Wildman–Crippen MR) is 99.2 cm³/mol. The SMILES string of the molecule is Cl.OC(CC#CCN1CCOCC1)(c1ccccc1)C1CCCC1. The average Bonchev–Trinajstić information content (AvgIpc) is 3.15. The van der Waals surface area contributed by atoms with Gasteiger partial charge < -0.3 is 9.84 Å². The van der Waals surface area contributed by atoms with Crippen LogP contribution in [0.1, 0.15) is 37.7 Å². The maximum absolute atomic E-state index is 11.4. The molecule has 3 nitrogen and oxygen atoms in total. The molecule has 2 fully saturated rings. The molecule has 4 heteroatoms. The van der Waals surface area contributed by atoms with Crippen molar-refractivity contribution in [2.24, 2.45) is 5.92 Å². The molecular weight excluding hydrogens is 322 g/mol. The van der Waals surface area contributed by atoms with E-state index >= 15 is 0 Å². The maximum atomic E-state index is 11.4. The number of aliphatic hydroxyl groups is 1. The number of ether oxygens (including phenoxy) is 1. The van der Waals surface area contributed by atoms with Gasteiger partial charge >= 0.3 is 0 Å². The van der Waals surface area contributed by atoms with Crippen LogP contribution < -0.4 is 0 Å². The van der Waals surface area contributed by atoms with Crippen LogP contribution in [0.25, 0.3) is 0 Å². The Morgan fingerprint density at radius 2 is 1.75 bits per heavy atom. The van der Waals surface area contributed by atoms with Crippen LogP contribution in [0.5, 0.6) is 0 Å². The van der Waals surface area contributed by atoms with Crippen LogP contribution in [0, 0.1) is 17.8 Å². The van der Waals surface area contributed by atoms with Crippen molar-refractivity contribution in [3.8, 4) is 11.8 Å². The van der Waals surface area contributed by atoms with Crippen LogP contribution in [0.4, 0.5) is 0 Å². The second kappa shape index (κ2) is 9.44. The minimum absolute atomic E-state index is 0. The molecule has 132 valence electrons. The fraction of sp³-hybridized carbons (Fsp3) is 0.600. The molecule has 0 bridgehead atoms. The normalized spacial score (nSPS) is 21.4. The molecule has 0 spiro atoms. The number of rotatable bonds is 4. The van der Waals surface area contributed by atoms with E-state index in [0.717, 1.165) is 51.3 Å². The quantitative estimate of drug-likeness (QED) is 0.847. The first-order valence-corrected chi connectivity index (χ1v) is 8.83. The van der Waals surface area contributed by atoms with Gasteiger partial charge in [-0.05, 0) is 24.3 Å². The molecule has 1 aliphatic carbocycles.